The summed E-state index contributed by atoms with van der Waals surface area (Å²) in [6, 6.07) is 23.8. The Labute approximate surface area is 234 Å². The Morgan fingerprint density at radius 1 is 0.974 bits per heavy atom. The van der Waals surface area contributed by atoms with E-state index in [-0.39, 0.29) is 4.90 Å². The molecule has 1 amide bonds. The standard InChI is InChI=1S/C30H32N4O3S2/c1-21-10-12-26(13-11-21)33(39(36,37)28-16-14-27(38-5)15-17-28)20-30(35)32-31-19-25-18-23(3)34(24(25)4)29-9-7-6-8-22(29)2/h6-19H,20H2,1-5H3,(H,32,35)/b31-19+. The summed E-state index contributed by atoms with van der Waals surface area (Å²) < 4.78 is 30.4. The van der Waals surface area contributed by atoms with Crippen LogP contribution in [0.15, 0.2) is 93.8 Å². The van der Waals surface area contributed by atoms with Gasteiger partial charge in [0.15, 0.2) is 0 Å². The lowest BCUT2D eigenvalue weighted by molar-refractivity contribution is -0.119. The maximum Gasteiger partial charge on any atom is 0.264 e. The number of hydrogen-bond donors (Lipinski definition) is 1. The van der Waals surface area contributed by atoms with Gasteiger partial charge in [-0.05, 0) is 88.0 Å². The van der Waals surface area contributed by atoms with Crippen molar-refractivity contribution in [1.29, 1.82) is 0 Å². The second-order valence-electron chi connectivity index (χ2n) is 9.26. The number of rotatable bonds is 9. The maximum atomic E-state index is 13.6. The Bertz CT molecular complexity index is 1610. The second-order valence-corrected chi connectivity index (χ2v) is 12.0. The predicted octanol–water partition coefficient (Wildman–Crippen LogP) is 5.78. The molecule has 1 heterocycles. The molecule has 202 valence electrons. The Balaban J connectivity index is 1.56. The fraction of sp³-hybridized carbons (Fsp3) is 0.200. The van der Waals surface area contributed by atoms with Gasteiger partial charge in [-0.25, -0.2) is 13.8 Å². The van der Waals surface area contributed by atoms with Crippen LogP contribution in [-0.2, 0) is 14.8 Å². The molecule has 3 aromatic carbocycles. The molecule has 1 aromatic heterocycles. The number of nitrogens with zero attached hydrogens (tertiary/aromatic N) is 3. The van der Waals surface area contributed by atoms with E-state index in [0.29, 0.717) is 5.69 Å². The second kappa shape index (κ2) is 11.9. The Hall–Kier alpha value is -3.82. The van der Waals surface area contributed by atoms with E-state index in [2.05, 4.69) is 34.2 Å². The van der Waals surface area contributed by atoms with Crippen molar-refractivity contribution in [3.63, 3.8) is 0 Å². The van der Waals surface area contributed by atoms with Crippen LogP contribution < -0.4 is 9.73 Å². The molecule has 9 heteroatoms. The zero-order valence-corrected chi connectivity index (χ0v) is 24.3. The summed E-state index contributed by atoms with van der Waals surface area (Å²) in [6.45, 7) is 7.58. The molecule has 0 saturated carbocycles. The zero-order valence-electron chi connectivity index (χ0n) is 22.7. The number of benzene rings is 3. The van der Waals surface area contributed by atoms with Gasteiger partial charge < -0.3 is 4.57 Å². The molecular weight excluding hydrogens is 528 g/mol. The van der Waals surface area contributed by atoms with Crippen molar-refractivity contribution in [2.45, 2.75) is 37.5 Å². The Morgan fingerprint density at radius 2 is 1.64 bits per heavy atom. The highest BCUT2D eigenvalue weighted by atomic mass is 32.2. The number of thioether (sulfide) groups is 1. The van der Waals surface area contributed by atoms with Gasteiger partial charge in [0.2, 0.25) is 0 Å². The molecule has 1 N–H and O–H groups in total. The summed E-state index contributed by atoms with van der Waals surface area (Å²) in [4.78, 5) is 14.0. The quantitative estimate of drug-likeness (QED) is 0.160. The first-order valence-corrected chi connectivity index (χ1v) is 15.1. The van der Waals surface area contributed by atoms with E-state index >= 15 is 0 Å². The lowest BCUT2D eigenvalue weighted by Gasteiger charge is -2.24. The summed E-state index contributed by atoms with van der Waals surface area (Å²) in [5.74, 6) is -0.552. The molecule has 4 rings (SSSR count). The van der Waals surface area contributed by atoms with Crippen molar-refractivity contribution >= 4 is 39.6 Å². The molecule has 0 aliphatic heterocycles. The number of nitrogens with one attached hydrogen (secondary N) is 1. The van der Waals surface area contributed by atoms with Gasteiger partial charge in [0.1, 0.15) is 6.54 Å². The van der Waals surface area contributed by atoms with Gasteiger partial charge in [-0.1, -0.05) is 35.9 Å². The minimum Gasteiger partial charge on any atom is -0.318 e. The highest BCUT2D eigenvalue weighted by molar-refractivity contribution is 7.98. The number of carbonyl (C=O) groups excluding carboxylic acids is 1. The topological polar surface area (TPSA) is 83.8 Å². The van der Waals surface area contributed by atoms with Crippen LogP contribution in [-0.4, -0.2) is 37.9 Å². The van der Waals surface area contributed by atoms with E-state index in [9.17, 15) is 13.2 Å². The fourth-order valence-corrected chi connectivity index (χ4v) is 6.17. The number of anilines is 1. The van der Waals surface area contributed by atoms with Crippen molar-refractivity contribution in [3.05, 3.63) is 107 Å². The van der Waals surface area contributed by atoms with Crippen LogP contribution >= 0.6 is 11.8 Å². The largest absolute Gasteiger partial charge is 0.318 e. The molecule has 0 aliphatic carbocycles. The zero-order chi connectivity index (χ0) is 28.2. The number of para-hydroxylation sites is 1. The van der Waals surface area contributed by atoms with Crippen molar-refractivity contribution in [1.82, 2.24) is 9.99 Å². The normalized spacial score (nSPS) is 11.6. The van der Waals surface area contributed by atoms with E-state index in [1.54, 1.807) is 42.6 Å². The van der Waals surface area contributed by atoms with Crippen LogP contribution in [0.3, 0.4) is 0 Å². The molecular formula is C30H32N4O3S2. The third-order valence-corrected chi connectivity index (χ3v) is 9.01. The van der Waals surface area contributed by atoms with Crippen LogP contribution in [0.4, 0.5) is 5.69 Å². The molecule has 4 aromatic rings. The summed E-state index contributed by atoms with van der Waals surface area (Å²) in [6.07, 6.45) is 3.51. The van der Waals surface area contributed by atoms with Crippen molar-refractivity contribution < 1.29 is 13.2 Å². The molecule has 0 atom stereocenters. The van der Waals surface area contributed by atoms with E-state index < -0.39 is 22.5 Å². The van der Waals surface area contributed by atoms with Gasteiger partial charge >= 0.3 is 0 Å². The monoisotopic (exact) mass is 560 g/mol. The van der Waals surface area contributed by atoms with E-state index in [0.717, 1.165) is 43.0 Å². The van der Waals surface area contributed by atoms with Gasteiger partial charge in [-0.3, -0.25) is 9.10 Å². The third kappa shape index (κ3) is 6.26. The lowest BCUT2D eigenvalue weighted by Crippen LogP contribution is -2.39. The number of hydrazone groups is 1. The van der Waals surface area contributed by atoms with E-state index in [4.69, 9.17) is 0 Å². The Morgan fingerprint density at radius 3 is 2.28 bits per heavy atom. The molecule has 7 nitrogen and oxygen atoms in total. The number of amides is 1. The van der Waals surface area contributed by atoms with Crippen LogP contribution in [0.5, 0.6) is 0 Å². The summed E-state index contributed by atoms with van der Waals surface area (Å²) in [7, 11) is -4.00. The predicted molar refractivity (Wildman–Crippen MR) is 160 cm³/mol. The summed E-state index contributed by atoms with van der Waals surface area (Å²) in [5.41, 5.74) is 9.00. The number of aromatic nitrogens is 1. The molecule has 0 unspecified atom stereocenters. The van der Waals surface area contributed by atoms with Gasteiger partial charge in [-0.15, -0.1) is 11.8 Å². The van der Waals surface area contributed by atoms with Crippen LogP contribution in [0.25, 0.3) is 5.69 Å². The molecule has 0 bridgehead atoms. The van der Waals surface area contributed by atoms with Gasteiger partial charge in [0.25, 0.3) is 15.9 Å². The highest BCUT2D eigenvalue weighted by Gasteiger charge is 2.27. The van der Waals surface area contributed by atoms with Crippen LogP contribution in [0.2, 0.25) is 0 Å². The smallest absolute Gasteiger partial charge is 0.264 e. The summed E-state index contributed by atoms with van der Waals surface area (Å²) >= 11 is 1.53. The number of carbonyl (C=O) groups is 1. The minimum absolute atomic E-state index is 0.112. The highest BCUT2D eigenvalue weighted by Crippen LogP contribution is 2.26. The van der Waals surface area contributed by atoms with Gasteiger partial charge in [0.05, 0.1) is 16.8 Å². The lowest BCUT2D eigenvalue weighted by atomic mass is 10.2. The maximum absolute atomic E-state index is 13.6. The van der Waals surface area contributed by atoms with Crippen LogP contribution in [0, 0.1) is 27.7 Å². The van der Waals surface area contributed by atoms with Crippen molar-refractivity contribution in [2.24, 2.45) is 5.10 Å². The van der Waals surface area contributed by atoms with Gasteiger partial charge in [-0.2, -0.15) is 5.10 Å². The number of aryl methyl sites for hydroxylation is 3. The average Bonchev–Trinajstić information content (AvgIpc) is 3.20. The first-order valence-electron chi connectivity index (χ1n) is 12.4. The van der Waals surface area contributed by atoms with Crippen LogP contribution in [0.1, 0.15) is 28.1 Å². The number of hydrogen-bond acceptors (Lipinski definition) is 5. The first kappa shape index (κ1) is 28.2. The average molecular weight is 561 g/mol. The molecule has 0 saturated heterocycles. The van der Waals surface area contributed by atoms with Crippen molar-refractivity contribution in [2.75, 3.05) is 17.1 Å². The van der Waals surface area contributed by atoms with Crippen molar-refractivity contribution in [3.8, 4) is 5.69 Å². The third-order valence-electron chi connectivity index (χ3n) is 6.48. The minimum atomic E-state index is -4.00. The van der Waals surface area contributed by atoms with E-state index in [1.807, 2.05) is 57.4 Å². The summed E-state index contributed by atoms with van der Waals surface area (Å²) in [5, 5.41) is 4.15. The SMILES string of the molecule is CSc1ccc(S(=O)(=O)N(CC(=O)N/N=C/c2cc(C)n(-c3ccccc3C)c2C)c2ccc(C)cc2)cc1. The molecule has 39 heavy (non-hydrogen) atoms. The van der Waals surface area contributed by atoms with E-state index in [1.165, 1.54) is 11.8 Å². The molecule has 0 radical (unpaired) electrons. The van der Waals surface area contributed by atoms with Gasteiger partial charge in [0, 0.05) is 27.5 Å². The molecule has 0 fully saturated rings. The Kier molecular flexibility index (Phi) is 8.62. The molecule has 0 spiro atoms. The fourth-order valence-electron chi connectivity index (χ4n) is 4.34. The number of sulfonamides is 1. The first-order chi connectivity index (χ1) is 18.6. The molecule has 0 aliphatic rings.